The lowest BCUT2D eigenvalue weighted by Gasteiger charge is -2.50. The molecule has 1 saturated carbocycles. The summed E-state index contributed by atoms with van der Waals surface area (Å²) in [6.45, 7) is 7.81. The number of rotatable bonds is 7. The Hall–Kier alpha value is -3.36. The number of nitrogens with one attached hydrogen (secondary N) is 1. The normalized spacial score (nSPS) is 26.8. The van der Waals surface area contributed by atoms with Crippen molar-refractivity contribution in [3.8, 4) is 23.1 Å². The van der Waals surface area contributed by atoms with Crippen LogP contribution in [-0.2, 0) is 9.47 Å². The van der Waals surface area contributed by atoms with Gasteiger partial charge in [-0.15, -0.1) is 0 Å². The Balaban J connectivity index is 1.24. The summed E-state index contributed by atoms with van der Waals surface area (Å²) in [5.74, 6) is -0.185. The molecule has 4 aromatic rings. The topological polar surface area (TPSA) is 131 Å². The van der Waals surface area contributed by atoms with E-state index in [0.29, 0.717) is 59.1 Å². The number of aromatic amines is 1. The highest BCUT2D eigenvalue weighted by molar-refractivity contribution is 6.35. The van der Waals surface area contributed by atoms with E-state index in [1.807, 2.05) is 17.9 Å². The second kappa shape index (κ2) is 13.3. The number of hydrogen-bond donors (Lipinski definition) is 2. The lowest BCUT2D eigenvalue weighted by Crippen LogP contribution is -2.56. The van der Waals surface area contributed by atoms with Gasteiger partial charge in [0.05, 0.1) is 50.2 Å². The first kappa shape index (κ1) is 33.8. The molecule has 268 valence electrons. The number of aromatic nitrogens is 5. The third-order valence-electron chi connectivity index (χ3n) is 11.3. The summed E-state index contributed by atoms with van der Waals surface area (Å²) in [7, 11) is 1.48. The standard InChI is InChI=1S/C36H45ClFN7O5/c1-21-16-24-23(17-39-43-24)26(28(21)37)30-29(38)31-27(33(40-30)47-3)32(44-12-15-49-19-35(2,46)18-44)42-34(41-31)50-20-36-9-4-6-25(36)45(11-5-10-36)22-7-13-48-14-8-22/h16-17,22,25,46H,4-15,18-20H2,1-3H3,(H,39,43). The first-order valence-electron chi connectivity index (χ1n) is 17.8. The van der Waals surface area contributed by atoms with Crippen LogP contribution in [0.1, 0.15) is 57.4 Å². The van der Waals surface area contributed by atoms with Crippen LogP contribution in [0.5, 0.6) is 11.9 Å². The maximum atomic E-state index is 17.2. The van der Waals surface area contributed by atoms with E-state index in [4.69, 9.17) is 45.5 Å². The highest BCUT2D eigenvalue weighted by atomic mass is 35.5. The fraction of sp³-hybridized carbons (Fsp3) is 0.611. The van der Waals surface area contributed by atoms with Crippen molar-refractivity contribution in [3.63, 3.8) is 0 Å². The van der Waals surface area contributed by atoms with E-state index < -0.39 is 11.4 Å². The second-order valence-electron chi connectivity index (χ2n) is 14.8. The quantitative estimate of drug-likeness (QED) is 0.254. The van der Waals surface area contributed by atoms with Crippen molar-refractivity contribution in [3.05, 3.63) is 28.7 Å². The monoisotopic (exact) mass is 709 g/mol. The second-order valence-corrected chi connectivity index (χ2v) is 15.1. The van der Waals surface area contributed by atoms with Crippen LogP contribution in [0.15, 0.2) is 12.3 Å². The van der Waals surface area contributed by atoms with Gasteiger partial charge in [-0.25, -0.2) is 9.37 Å². The lowest BCUT2D eigenvalue weighted by atomic mass is 9.74. The zero-order valence-electron chi connectivity index (χ0n) is 28.9. The van der Waals surface area contributed by atoms with Gasteiger partial charge in [0.2, 0.25) is 5.88 Å². The Morgan fingerprint density at radius 1 is 1.10 bits per heavy atom. The molecule has 8 rings (SSSR count). The minimum Gasteiger partial charge on any atom is -0.480 e. The van der Waals surface area contributed by atoms with Crippen molar-refractivity contribution in [1.29, 1.82) is 0 Å². The first-order chi connectivity index (χ1) is 24.2. The number of hydrogen-bond acceptors (Lipinski definition) is 11. The van der Waals surface area contributed by atoms with Crippen molar-refractivity contribution < 1.29 is 28.4 Å². The number of anilines is 1. The summed E-state index contributed by atoms with van der Waals surface area (Å²) in [6.07, 6.45) is 9.22. The average molecular weight is 710 g/mol. The molecule has 3 atom stereocenters. The van der Waals surface area contributed by atoms with Crippen molar-refractivity contribution in [1.82, 2.24) is 30.0 Å². The number of aliphatic hydroxyl groups is 1. The Labute approximate surface area is 295 Å². The number of halogens is 2. The molecule has 3 saturated heterocycles. The molecular formula is C36H45ClFN7O5. The Morgan fingerprint density at radius 3 is 2.74 bits per heavy atom. The number of ether oxygens (including phenoxy) is 4. The number of methoxy groups -OCH3 is 1. The highest BCUT2D eigenvalue weighted by Gasteiger charge is 2.50. The van der Waals surface area contributed by atoms with E-state index in [0.717, 1.165) is 70.3 Å². The van der Waals surface area contributed by atoms with E-state index in [-0.39, 0.29) is 47.1 Å². The van der Waals surface area contributed by atoms with Crippen molar-refractivity contribution in [2.45, 2.75) is 76.5 Å². The number of fused-ring (bicyclic) bond motifs is 3. The van der Waals surface area contributed by atoms with Crippen molar-refractivity contribution in [2.24, 2.45) is 5.41 Å². The molecule has 12 nitrogen and oxygen atoms in total. The zero-order valence-corrected chi connectivity index (χ0v) is 29.7. The van der Waals surface area contributed by atoms with Gasteiger partial charge < -0.3 is 29.0 Å². The molecule has 50 heavy (non-hydrogen) atoms. The molecule has 4 aliphatic rings. The van der Waals surface area contributed by atoms with Gasteiger partial charge in [-0.3, -0.25) is 10.00 Å². The number of aryl methyl sites for hydroxylation is 1. The molecular weight excluding hydrogens is 665 g/mol. The molecule has 3 aliphatic heterocycles. The summed E-state index contributed by atoms with van der Waals surface area (Å²) in [5, 5.41) is 19.6. The van der Waals surface area contributed by atoms with Crippen LogP contribution < -0.4 is 14.4 Å². The number of pyridine rings is 1. The fourth-order valence-corrected chi connectivity index (χ4v) is 9.17. The van der Waals surface area contributed by atoms with E-state index in [1.54, 1.807) is 13.1 Å². The summed E-state index contributed by atoms with van der Waals surface area (Å²) < 4.78 is 41.1. The van der Waals surface area contributed by atoms with E-state index in [9.17, 15) is 5.11 Å². The van der Waals surface area contributed by atoms with Gasteiger partial charge in [-0.05, 0) is 70.5 Å². The van der Waals surface area contributed by atoms with Gasteiger partial charge in [-0.1, -0.05) is 18.0 Å². The van der Waals surface area contributed by atoms with E-state index in [2.05, 4.69) is 15.1 Å². The van der Waals surface area contributed by atoms with Crippen LogP contribution in [0.25, 0.3) is 33.1 Å². The van der Waals surface area contributed by atoms with Gasteiger partial charge in [0.15, 0.2) is 5.82 Å². The Morgan fingerprint density at radius 2 is 1.92 bits per heavy atom. The summed E-state index contributed by atoms with van der Waals surface area (Å²) in [6, 6.07) is 2.87. The van der Waals surface area contributed by atoms with Crippen LogP contribution >= 0.6 is 11.6 Å². The molecule has 1 aromatic carbocycles. The molecule has 2 N–H and O–H groups in total. The third kappa shape index (κ3) is 5.94. The smallest absolute Gasteiger partial charge is 0.319 e. The SMILES string of the molecule is COc1nc(-c2c(Cl)c(C)cc3[nH]ncc23)c(F)c2nc(OCC34CCCC3N(C3CCOCC3)CCC4)nc(N3CCOCC(C)(O)C3)c12. The van der Waals surface area contributed by atoms with Gasteiger partial charge in [0, 0.05) is 48.2 Å². The molecule has 1 aliphatic carbocycles. The number of H-pyrrole nitrogens is 1. The number of piperidine rings is 1. The zero-order chi connectivity index (χ0) is 34.6. The van der Waals surface area contributed by atoms with Gasteiger partial charge in [0.1, 0.15) is 28.0 Å². The number of nitrogens with zero attached hydrogens (tertiary/aromatic N) is 6. The summed E-state index contributed by atoms with van der Waals surface area (Å²) >= 11 is 6.86. The number of β-amino-alcohol motifs (C(OH)–C–C–N with tert-alkyl or cyclic N) is 1. The molecule has 3 aromatic heterocycles. The number of benzene rings is 1. The fourth-order valence-electron chi connectivity index (χ4n) is 8.93. The van der Waals surface area contributed by atoms with Crippen LogP contribution in [0, 0.1) is 18.2 Å². The number of likely N-dealkylation sites (tertiary alicyclic amines) is 1. The molecule has 0 spiro atoms. The molecule has 0 amide bonds. The van der Waals surface area contributed by atoms with Crippen molar-refractivity contribution >= 4 is 39.2 Å². The summed E-state index contributed by atoms with van der Waals surface area (Å²) in [4.78, 5) is 19.0. The molecule has 6 heterocycles. The van der Waals surface area contributed by atoms with Crippen LogP contribution in [0.4, 0.5) is 10.2 Å². The average Bonchev–Trinajstić information content (AvgIpc) is 3.72. The first-order valence-corrected chi connectivity index (χ1v) is 18.1. The summed E-state index contributed by atoms with van der Waals surface area (Å²) in [5.41, 5.74) is 0.603. The highest BCUT2D eigenvalue weighted by Crippen LogP contribution is 2.50. The minimum atomic E-state index is -1.18. The van der Waals surface area contributed by atoms with Crippen LogP contribution in [0.2, 0.25) is 5.02 Å². The maximum absolute atomic E-state index is 17.2. The minimum absolute atomic E-state index is 0.00109. The molecule has 4 fully saturated rings. The maximum Gasteiger partial charge on any atom is 0.319 e. The molecule has 14 heteroatoms. The largest absolute Gasteiger partial charge is 0.480 e. The predicted octanol–water partition coefficient (Wildman–Crippen LogP) is 5.46. The van der Waals surface area contributed by atoms with Crippen LogP contribution in [0.3, 0.4) is 0 Å². The predicted molar refractivity (Wildman–Crippen MR) is 188 cm³/mol. The van der Waals surface area contributed by atoms with Crippen LogP contribution in [-0.4, -0.2) is 113 Å². The van der Waals surface area contributed by atoms with E-state index >= 15 is 4.39 Å². The van der Waals surface area contributed by atoms with Gasteiger partial charge in [0.25, 0.3) is 0 Å². The molecule has 3 unspecified atom stereocenters. The lowest BCUT2D eigenvalue weighted by molar-refractivity contribution is -0.0511. The van der Waals surface area contributed by atoms with E-state index in [1.165, 1.54) is 7.11 Å². The molecule has 0 radical (unpaired) electrons. The van der Waals surface area contributed by atoms with Gasteiger partial charge >= 0.3 is 6.01 Å². The molecule has 0 bridgehead atoms. The van der Waals surface area contributed by atoms with Crippen molar-refractivity contribution in [2.75, 3.05) is 64.7 Å². The van der Waals surface area contributed by atoms with Gasteiger partial charge in [-0.2, -0.15) is 15.1 Å². The Kier molecular flexibility index (Phi) is 8.99. The third-order valence-corrected chi connectivity index (χ3v) is 11.7. The Bertz CT molecular complexity index is 1900.